The van der Waals surface area contributed by atoms with Gasteiger partial charge in [-0.3, -0.25) is 9.59 Å². The standard InChI is InChI=1S/C12H21NO3/c1-4-13(5-2)11(14)9-6-8(3)7-10(9)12(15)16/h8-10H,4-7H2,1-3H3,(H,15,16)/t8?,9-,10+/m0/s1. The molecule has 4 heteroatoms. The largest absolute Gasteiger partial charge is 0.481 e. The molecule has 0 saturated heterocycles. The van der Waals surface area contributed by atoms with Crippen molar-refractivity contribution < 1.29 is 14.7 Å². The number of rotatable bonds is 4. The van der Waals surface area contributed by atoms with Crippen LogP contribution in [-0.4, -0.2) is 35.0 Å². The average Bonchev–Trinajstić information content (AvgIpc) is 2.62. The van der Waals surface area contributed by atoms with Gasteiger partial charge in [0, 0.05) is 13.1 Å². The Hall–Kier alpha value is -1.06. The van der Waals surface area contributed by atoms with Crippen LogP contribution < -0.4 is 0 Å². The van der Waals surface area contributed by atoms with Crippen LogP contribution in [0.25, 0.3) is 0 Å². The fourth-order valence-electron chi connectivity index (χ4n) is 2.61. The lowest BCUT2D eigenvalue weighted by atomic mass is 9.95. The molecule has 0 heterocycles. The molecule has 0 aromatic carbocycles. The molecule has 1 aliphatic rings. The Labute approximate surface area is 96.6 Å². The number of carbonyl (C=O) groups is 2. The van der Waals surface area contributed by atoms with Crippen molar-refractivity contribution in [3.63, 3.8) is 0 Å². The van der Waals surface area contributed by atoms with Crippen LogP contribution in [-0.2, 0) is 9.59 Å². The fourth-order valence-corrected chi connectivity index (χ4v) is 2.61. The highest BCUT2D eigenvalue weighted by molar-refractivity contribution is 5.85. The van der Waals surface area contributed by atoms with E-state index in [1.54, 1.807) is 4.90 Å². The Morgan fingerprint density at radius 1 is 1.19 bits per heavy atom. The molecule has 1 aliphatic carbocycles. The third kappa shape index (κ3) is 2.54. The first kappa shape index (κ1) is 13.0. The molecular formula is C12H21NO3. The summed E-state index contributed by atoms with van der Waals surface area (Å²) in [6.07, 6.45) is 1.35. The maximum Gasteiger partial charge on any atom is 0.307 e. The van der Waals surface area contributed by atoms with E-state index >= 15 is 0 Å². The third-order valence-electron chi connectivity index (χ3n) is 3.51. The Kier molecular flexibility index (Phi) is 4.33. The zero-order valence-corrected chi connectivity index (χ0v) is 10.3. The van der Waals surface area contributed by atoms with Crippen LogP contribution >= 0.6 is 0 Å². The van der Waals surface area contributed by atoms with Gasteiger partial charge >= 0.3 is 5.97 Å². The summed E-state index contributed by atoms with van der Waals surface area (Å²) in [5.41, 5.74) is 0. The van der Waals surface area contributed by atoms with Gasteiger partial charge in [0.15, 0.2) is 0 Å². The average molecular weight is 227 g/mol. The molecule has 3 atom stereocenters. The summed E-state index contributed by atoms with van der Waals surface area (Å²) in [4.78, 5) is 25.0. The molecule has 1 saturated carbocycles. The Morgan fingerprint density at radius 3 is 2.12 bits per heavy atom. The van der Waals surface area contributed by atoms with Gasteiger partial charge in [-0.25, -0.2) is 0 Å². The minimum absolute atomic E-state index is 0.0155. The van der Waals surface area contributed by atoms with Gasteiger partial charge in [0.1, 0.15) is 0 Å². The molecule has 0 spiro atoms. The van der Waals surface area contributed by atoms with Crippen LogP contribution in [0.3, 0.4) is 0 Å². The summed E-state index contributed by atoms with van der Waals surface area (Å²) in [6.45, 7) is 7.19. The van der Waals surface area contributed by atoms with Gasteiger partial charge in [0.05, 0.1) is 11.8 Å². The second kappa shape index (κ2) is 5.32. The summed E-state index contributed by atoms with van der Waals surface area (Å²) in [6, 6.07) is 0. The molecule has 0 radical (unpaired) electrons. The Balaban J connectivity index is 2.77. The number of aliphatic carboxylic acids is 1. The minimum atomic E-state index is -0.824. The van der Waals surface area contributed by atoms with Crippen molar-refractivity contribution in [3.05, 3.63) is 0 Å². The van der Waals surface area contributed by atoms with Crippen molar-refractivity contribution >= 4 is 11.9 Å². The van der Waals surface area contributed by atoms with Gasteiger partial charge < -0.3 is 10.0 Å². The number of amides is 1. The molecule has 92 valence electrons. The van der Waals surface area contributed by atoms with E-state index in [-0.39, 0.29) is 11.8 Å². The van der Waals surface area contributed by atoms with Gasteiger partial charge in [0.2, 0.25) is 5.91 Å². The molecule has 1 fully saturated rings. The first-order valence-corrected chi connectivity index (χ1v) is 6.02. The molecule has 0 aromatic heterocycles. The van der Waals surface area contributed by atoms with Crippen LogP contribution in [0.15, 0.2) is 0 Å². The number of carboxylic acid groups (broad SMARTS) is 1. The SMILES string of the molecule is CCN(CC)C(=O)[C@H]1CC(C)C[C@H]1C(=O)O. The van der Waals surface area contributed by atoms with Crippen molar-refractivity contribution in [1.82, 2.24) is 4.90 Å². The van der Waals surface area contributed by atoms with E-state index in [1.807, 2.05) is 20.8 Å². The lowest BCUT2D eigenvalue weighted by molar-refractivity contribution is -0.149. The molecular weight excluding hydrogens is 206 g/mol. The van der Waals surface area contributed by atoms with Crippen LogP contribution in [0.2, 0.25) is 0 Å². The van der Waals surface area contributed by atoms with Crippen LogP contribution in [0, 0.1) is 17.8 Å². The monoisotopic (exact) mass is 227 g/mol. The van der Waals surface area contributed by atoms with Crippen molar-refractivity contribution in [2.45, 2.75) is 33.6 Å². The summed E-state index contributed by atoms with van der Waals surface area (Å²) in [7, 11) is 0. The highest BCUT2D eigenvalue weighted by atomic mass is 16.4. The normalized spacial score (nSPS) is 29.1. The molecule has 0 bridgehead atoms. The first-order chi connectivity index (χ1) is 7.51. The lowest BCUT2D eigenvalue weighted by Crippen LogP contribution is -2.39. The molecule has 1 amide bonds. The molecule has 1 unspecified atom stereocenters. The molecule has 4 nitrogen and oxygen atoms in total. The predicted octanol–water partition coefficient (Wildman–Crippen LogP) is 1.60. The van der Waals surface area contributed by atoms with Gasteiger partial charge in [0.25, 0.3) is 0 Å². The number of carbonyl (C=O) groups excluding carboxylic acids is 1. The highest BCUT2D eigenvalue weighted by Gasteiger charge is 2.42. The van der Waals surface area contributed by atoms with E-state index in [2.05, 4.69) is 0 Å². The second-order valence-electron chi connectivity index (χ2n) is 4.64. The lowest BCUT2D eigenvalue weighted by Gasteiger charge is -2.24. The van der Waals surface area contributed by atoms with E-state index in [1.165, 1.54) is 0 Å². The quantitative estimate of drug-likeness (QED) is 0.793. The van der Waals surface area contributed by atoms with Gasteiger partial charge in [-0.05, 0) is 32.6 Å². The van der Waals surface area contributed by atoms with Gasteiger partial charge in [-0.2, -0.15) is 0 Å². The van der Waals surface area contributed by atoms with E-state index in [0.29, 0.717) is 31.8 Å². The maximum atomic E-state index is 12.1. The Bertz CT molecular complexity index is 273. The zero-order chi connectivity index (χ0) is 12.3. The fraction of sp³-hybridized carbons (Fsp3) is 0.833. The van der Waals surface area contributed by atoms with Crippen LogP contribution in [0.1, 0.15) is 33.6 Å². The van der Waals surface area contributed by atoms with E-state index in [4.69, 9.17) is 5.11 Å². The van der Waals surface area contributed by atoms with E-state index in [0.717, 1.165) is 0 Å². The van der Waals surface area contributed by atoms with Crippen molar-refractivity contribution in [2.24, 2.45) is 17.8 Å². The zero-order valence-electron chi connectivity index (χ0n) is 10.3. The molecule has 16 heavy (non-hydrogen) atoms. The van der Waals surface area contributed by atoms with E-state index in [9.17, 15) is 9.59 Å². The second-order valence-corrected chi connectivity index (χ2v) is 4.64. The Morgan fingerprint density at radius 2 is 1.69 bits per heavy atom. The predicted molar refractivity (Wildman–Crippen MR) is 60.9 cm³/mol. The molecule has 0 aliphatic heterocycles. The first-order valence-electron chi connectivity index (χ1n) is 6.02. The summed E-state index contributed by atoms with van der Waals surface area (Å²) in [5, 5.41) is 9.11. The number of carboxylic acids is 1. The summed E-state index contributed by atoms with van der Waals surface area (Å²) >= 11 is 0. The van der Waals surface area contributed by atoms with E-state index < -0.39 is 11.9 Å². The number of hydrogen-bond donors (Lipinski definition) is 1. The van der Waals surface area contributed by atoms with Crippen LogP contribution in [0.4, 0.5) is 0 Å². The van der Waals surface area contributed by atoms with Crippen molar-refractivity contribution in [1.29, 1.82) is 0 Å². The molecule has 0 aromatic rings. The number of nitrogens with zero attached hydrogens (tertiary/aromatic N) is 1. The van der Waals surface area contributed by atoms with Gasteiger partial charge in [-0.15, -0.1) is 0 Å². The maximum absolute atomic E-state index is 12.1. The van der Waals surface area contributed by atoms with Crippen molar-refractivity contribution in [3.8, 4) is 0 Å². The summed E-state index contributed by atoms with van der Waals surface area (Å²) < 4.78 is 0. The summed E-state index contributed by atoms with van der Waals surface area (Å²) in [5.74, 6) is -1.27. The van der Waals surface area contributed by atoms with Gasteiger partial charge in [-0.1, -0.05) is 6.92 Å². The van der Waals surface area contributed by atoms with Crippen LogP contribution in [0.5, 0.6) is 0 Å². The third-order valence-corrected chi connectivity index (χ3v) is 3.51. The molecule has 1 rings (SSSR count). The number of hydrogen-bond acceptors (Lipinski definition) is 2. The highest BCUT2D eigenvalue weighted by Crippen LogP contribution is 2.37. The smallest absolute Gasteiger partial charge is 0.307 e. The minimum Gasteiger partial charge on any atom is -0.481 e. The topological polar surface area (TPSA) is 57.6 Å². The molecule has 1 N–H and O–H groups in total. The van der Waals surface area contributed by atoms with Crippen molar-refractivity contribution in [2.75, 3.05) is 13.1 Å².